The minimum Gasteiger partial charge on any atom is -0.462 e. The van der Waals surface area contributed by atoms with Crippen molar-refractivity contribution in [2.75, 3.05) is 26.7 Å². The molecule has 0 bridgehead atoms. The summed E-state index contributed by atoms with van der Waals surface area (Å²) in [6.45, 7) is 4.73. The number of aromatic nitrogens is 2. The van der Waals surface area contributed by atoms with Crippen LogP contribution in [-0.2, 0) is 0 Å². The molecule has 2 aromatic heterocycles. The maximum atomic E-state index is 5.45. The Morgan fingerprint density at radius 1 is 1.40 bits per heavy atom. The standard InChI is InChI=1S/C14H18N4O2/c1-10-3-4-11(19-10)5-6-13-16-14(17-20-13)12-9-15-7-8-18(12)2/h3-6,12,15H,7-9H2,1-2H3/b6-5+. The van der Waals surface area contributed by atoms with Crippen LogP contribution in [0.3, 0.4) is 0 Å². The monoisotopic (exact) mass is 274 g/mol. The number of furan rings is 1. The Labute approximate surface area is 117 Å². The fraction of sp³-hybridized carbons (Fsp3) is 0.429. The van der Waals surface area contributed by atoms with Crippen molar-refractivity contribution in [3.63, 3.8) is 0 Å². The summed E-state index contributed by atoms with van der Waals surface area (Å²) in [6.07, 6.45) is 3.60. The lowest BCUT2D eigenvalue weighted by Crippen LogP contribution is -2.44. The van der Waals surface area contributed by atoms with Gasteiger partial charge in [0.1, 0.15) is 11.5 Å². The van der Waals surface area contributed by atoms with E-state index >= 15 is 0 Å². The number of hydrogen-bond donors (Lipinski definition) is 1. The van der Waals surface area contributed by atoms with E-state index < -0.39 is 0 Å². The second-order valence-electron chi connectivity index (χ2n) is 4.97. The summed E-state index contributed by atoms with van der Waals surface area (Å²) in [6, 6.07) is 3.99. The first-order chi connectivity index (χ1) is 9.72. The van der Waals surface area contributed by atoms with Gasteiger partial charge in [0.05, 0.1) is 6.04 Å². The van der Waals surface area contributed by atoms with Gasteiger partial charge in [-0.2, -0.15) is 4.98 Å². The van der Waals surface area contributed by atoms with Crippen LogP contribution in [0, 0.1) is 6.92 Å². The SMILES string of the molecule is Cc1ccc(/C=C/c2nc(C3CNCCN3C)no2)o1. The number of piperazine rings is 1. The molecule has 6 nitrogen and oxygen atoms in total. The molecule has 106 valence electrons. The van der Waals surface area contributed by atoms with E-state index in [1.54, 1.807) is 6.08 Å². The lowest BCUT2D eigenvalue weighted by atomic mass is 10.2. The fourth-order valence-corrected chi connectivity index (χ4v) is 2.24. The highest BCUT2D eigenvalue weighted by molar-refractivity contribution is 5.62. The molecule has 2 aromatic rings. The van der Waals surface area contributed by atoms with Gasteiger partial charge in [-0.25, -0.2) is 0 Å². The van der Waals surface area contributed by atoms with E-state index in [0.717, 1.165) is 37.0 Å². The number of hydrogen-bond acceptors (Lipinski definition) is 6. The summed E-state index contributed by atoms with van der Waals surface area (Å²) in [7, 11) is 2.07. The minimum atomic E-state index is 0.167. The molecular formula is C14H18N4O2. The van der Waals surface area contributed by atoms with Gasteiger partial charge in [-0.1, -0.05) is 5.16 Å². The van der Waals surface area contributed by atoms with Gasteiger partial charge in [0.15, 0.2) is 5.82 Å². The van der Waals surface area contributed by atoms with Gasteiger partial charge in [-0.05, 0) is 32.2 Å². The first-order valence-electron chi connectivity index (χ1n) is 6.71. The molecule has 1 aliphatic heterocycles. The van der Waals surface area contributed by atoms with Gasteiger partial charge in [-0.15, -0.1) is 0 Å². The largest absolute Gasteiger partial charge is 0.462 e. The van der Waals surface area contributed by atoms with E-state index in [-0.39, 0.29) is 6.04 Å². The lowest BCUT2D eigenvalue weighted by molar-refractivity contribution is 0.190. The highest BCUT2D eigenvalue weighted by Gasteiger charge is 2.24. The molecule has 0 aliphatic carbocycles. The molecule has 1 N–H and O–H groups in total. The van der Waals surface area contributed by atoms with Crippen molar-refractivity contribution < 1.29 is 8.94 Å². The van der Waals surface area contributed by atoms with Crippen molar-refractivity contribution in [1.82, 2.24) is 20.4 Å². The summed E-state index contributed by atoms with van der Waals surface area (Å²) in [5.74, 6) is 2.87. The Kier molecular flexibility index (Phi) is 3.66. The van der Waals surface area contributed by atoms with Crippen molar-refractivity contribution >= 4 is 12.2 Å². The van der Waals surface area contributed by atoms with Crippen molar-refractivity contribution in [1.29, 1.82) is 0 Å². The highest BCUT2D eigenvalue weighted by Crippen LogP contribution is 2.18. The second-order valence-corrected chi connectivity index (χ2v) is 4.97. The van der Waals surface area contributed by atoms with Gasteiger partial charge in [-0.3, -0.25) is 4.90 Å². The predicted octanol–water partition coefficient (Wildman–Crippen LogP) is 1.72. The maximum Gasteiger partial charge on any atom is 0.250 e. The van der Waals surface area contributed by atoms with E-state index in [0.29, 0.717) is 5.89 Å². The van der Waals surface area contributed by atoms with E-state index in [4.69, 9.17) is 8.94 Å². The van der Waals surface area contributed by atoms with Gasteiger partial charge in [0.2, 0.25) is 0 Å². The first-order valence-corrected chi connectivity index (χ1v) is 6.71. The van der Waals surface area contributed by atoms with Gasteiger partial charge < -0.3 is 14.3 Å². The molecule has 0 saturated carbocycles. The normalized spacial score (nSPS) is 20.8. The Morgan fingerprint density at radius 2 is 2.30 bits per heavy atom. The lowest BCUT2D eigenvalue weighted by Gasteiger charge is -2.30. The van der Waals surface area contributed by atoms with Crippen LogP contribution in [0.1, 0.15) is 29.3 Å². The number of nitrogens with zero attached hydrogens (tertiary/aromatic N) is 3. The van der Waals surface area contributed by atoms with Gasteiger partial charge in [0.25, 0.3) is 5.89 Å². The molecule has 1 aliphatic rings. The highest BCUT2D eigenvalue weighted by atomic mass is 16.5. The van der Waals surface area contributed by atoms with E-state index in [2.05, 4.69) is 27.4 Å². The van der Waals surface area contributed by atoms with Crippen LogP contribution in [0.5, 0.6) is 0 Å². The fourth-order valence-electron chi connectivity index (χ4n) is 2.24. The van der Waals surface area contributed by atoms with Crippen molar-refractivity contribution in [3.8, 4) is 0 Å². The molecular weight excluding hydrogens is 256 g/mol. The Balaban J connectivity index is 1.71. The van der Waals surface area contributed by atoms with E-state index in [1.807, 2.05) is 25.1 Å². The van der Waals surface area contributed by atoms with Crippen LogP contribution in [0.15, 0.2) is 21.1 Å². The third-order valence-electron chi connectivity index (χ3n) is 3.42. The van der Waals surface area contributed by atoms with Crippen LogP contribution >= 0.6 is 0 Å². The zero-order valence-electron chi connectivity index (χ0n) is 11.7. The predicted molar refractivity (Wildman–Crippen MR) is 74.9 cm³/mol. The molecule has 0 spiro atoms. The topological polar surface area (TPSA) is 67.3 Å². The van der Waals surface area contributed by atoms with Crippen LogP contribution < -0.4 is 5.32 Å². The summed E-state index contributed by atoms with van der Waals surface area (Å²) in [5, 5.41) is 7.40. The summed E-state index contributed by atoms with van der Waals surface area (Å²) in [5.41, 5.74) is 0. The number of likely N-dealkylation sites (N-methyl/N-ethyl adjacent to an activating group) is 1. The molecule has 20 heavy (non-hydrogen) atoms. The molecule has 0 amide bonds. The Hall–Kier alpha value is -1.92. The minimum absolute atomic E-state index is 0.167. The van der Waals surface area contributed by atoms with E-state index in [9.17, 15) is 0 Å². The van der Waals surface area contributed by atoms with Crippen molar-refractivity contribution in [3.05, 3.63) is 35.4 Å². The van der Waals surface area contributed by atoms with Crippen LogP contribution in [-0.4, -0.2) is 41.7 Å². The summed E-state index contributed by atoms with van der Waals surface area (Å²) >= 11 is 0. The average Bonchev–Trinajstić information content (AvgIpc) is 3.06. The molecule has 1 unspecified atom stereocenters. The molecule has 1 saturated heterocycles. The number of aryl methyl sites for hydroxylation is 1. The van der Waals surface area contributed by atoms with Crippen LogP contribution in [0.2, 0.25) is 0 Å². The zero-order valence-corrected chi connectivity index (χ0v) is 11.7. The number of rotatable bonds is 3. The first kappa shape index (κ1) is 13.1. The molecule has 6 heteroatoms. The second kappa shape index (κ2) is 5.60. The average molecular weight is 274 g/mol. The van der Waals surface area contributed by atoms with Crippen molar-refractivity contribution in [2.45, 2.75) is 13.0 Å². The molecule has 1 atom stereocenters. The molecule has 3 heterocycles. The van der Waals surface area contributed by atoms with Gasteiger partial charge >= 0.3 is 0 Å². The maximum absolute atomic E-state index is 5.45. The number of nitrogens with one attached hydrogen (secondary N) is 1. The summed E-state index contributed by atoms with van der Waals surface area (Å²) < 4.78 is 10.7. The molecule has 0 aromatic carbocycles. The molecule has 1 fully saturated rings. The zero-order chi connectivity index (χ0) is 13.9. The Morgan fingerprint density at radius 3 is 3.05 bits per heavy atom. The third kappa shape index (κ3) is 2.81. The van der Waals surface area contributed by atoms with Crippen LogP contribution in [0.4, 0.5) is 0 Å². The van der Waals surface area contributed by atoms with E-state index in [1.165, 1.54) is 0 Å². The van der Waals surface area contributed by atoms with Gasteiger partial charge in [0, 0.05) is 25.7 Å². The third-order valence-corrected chi connectivity index (χ3v) is 3.42. The van der Waals surface area contributed by atoms with Crippen molar-refractivity contribution in [2.24, 2.45) is 0 Å². The molecule has 0 radical (unpaired) electrons. The Bertz CT molecular complexity index is 602. The van der Waals surface area contributed by atoms with Crippen LogP contribution in [0.25, 0.3) is 12.2 Å². The summed E-state index contributed by atoms with van der Waals surface area (Å²) in [4.78, 5) is 6.65. The smallest absolute Gasteiger partial charge is 0.250 e. The molecule has 3 rings (SSSR count). The quantitative estimate of drug-likeness (QED) is 0.919.